The number of methoxy groups -OCH3 is 9. The van der Waals surface area contributed by atoms with Crippen LogP contribution in [0.4, 0.5) is 0 Å². The second kappa shape index (κ2) is 24.5. The molecule has 0 radical (unpaired) electrons. The molecule has 0 aromatic heterocycles. The van der Waals surface area contributed by atoms with Crippen molar-refractivity contribution in [1.82, 2.24) is 0 Å². The predicted octanol–water partition coefficient (Wildman–Crippen LogP) is 1.14. The van der Waals surface area contributed by atoms with Crippen molar-refractivity contribution in [3.8, 4) is 63.6 Å². The fraction of sp³-hybridized carbons (Fsp3) is 0.462. The molecule has 2 aliphatic rings. The fourth-order valence-electron chi connectivity index (χ4n) is 9.86. The van der Waals surface area contributed by atoms with Gasteiger partial charge in [-0.05, 0) is 71.1 Å². The molecule has 4 aromatic rings. The number of hydrogen-bond acceptors (Lipinski definition) is 12. The molecule has 370 valence electrons. The number of fused-ring (bicyclic) bond motifs is 2. The van der Waals surface area contributed by atoms with Crippen LogP contribution in [0.2, 0.25) is 0 Å². The lowest BCUT2D eigenvalue weighted by Crippen LogP contribution is -3.00. The van der Waals surface area contributed by atoms with E-state index in [1.807, 2.05) is 36.4 Å². The summed E-state index contributed by atoms with van der Waals surface area (Å²) in [7, 11) is 19.1. The quantitative estimate of drug-likeness (QED) is 0.0315. The van der Waals surface area contributed by atoms with E-state index < -0.39 is 5.97 Å². The third-order valence-electron chi connectivity index (χ3n) is 13.4. The molecule has 0 N–H and O–H groups in total. The number of likely N-dealkylation sites (N-methyl/N-ethyl adjacent to an activating group) is 2. The minimum Gasteiger partial charge on any atom is -1.00 e. The molecule has 6 rings (SSSR count). The fourth-order valence-corrected chi connectivity index (χ4v) is 9.86. The number of ether oxygens (including phenoxy) is 10. The molecule has 0 amide bonds. The van der Waals surface area contributed by atoms with E-state index in [2.05, 4.69) is 44.1 Å². The highest BCUT2D eigenvalue weighted by Gasteiger charge is 2.43. The first kappa shape index (κ1) is 54.9. The molecule has 0 saturated heterocycles. The maximum Gasteiger partial charge on any atom is 0.384 e. The Bertz CT molecular complexity index is 2430. The van der Waals surface area contributed by atoms with Crippen LogP contribution in [-0.2, 0) is 33.6 Å². The highest BCUT2D eigenvalue weighted by molar-refractivity contribution is 6.01. The smallest absolute Gasteiger partial charge is 0.384 e. The summed E-state index contributed by atoms with van der Waals surface area (Å²) in [5.74, 6) is 9.60. The maximum atomic E-state index is 13.2. The number of benzene rings is 4. The standard InChI is InChI=1S/C52H66N2O12.2ClH/c1-53(23-19-35-28-44(59-5)46(61-7)32-39(35)41(53)26-34-15-17-42(57-3)43(27-34)58-4)22-13-25-66-50(56)18-16-38(55)14-12-21-54(2)24-20-36-29-45(60-6)47(62-8)33-40(36)51(54)37-30-48(63-9)52(65-11)49(31-37)64-10;;/h15,17,27-33,41,51H,12-14,19-26H2,1-11H3;2*1H/q+2;;/p-2. The third kappa shape index (κ3) is 11.9. The number of quaternary nitrogens is 2. The number of hydrogen-bond donors (Lipinski definition) is 0. The van der Waals surface area contributed by atoms with Gasteiger partial charge in [0.1, 0.15) is 12.1 Å². The molecule has 0 aliphatic carbocycles. The number of rotatable bonds is 20. The molecule has 4 unspecified atom stereocenters. The number of carbonyl (C=O) groups excluding carboxylic acids is 2. The Morgan fingerprint density at radius 3 is 1.62 bits per heavy atom. The Kier molecular flexibility index (Phi) is 19.8. The topological polar surface area (TPSA) is 126 Å². The van der Waals surface area contributed by atoms with Gasteiger partial charge < -0.3 is 81.1 Å². The summed E-state index contributed by atoms with van der Waals surface area (Å²) in [6, 6.07) is 18.2. The highest BCUT2D eigenvalue weighted by atomic mass is 35.5. The van der Waals surface area contributed by atoms with Crippen LogP contribution in [-0.4, -0.2) is 132 Å². The first-order valence-electron chi connectivity index (χ1n) is 22.2. The van der Waals surface area contributed by atoms with Crippen molar-refractivity contribution in [1.29, 1.82) is 0 Å². The van der Waals surface area contributed by atoms with Crippen molar-refractivity contribution in [2.75, 3.05) is 111 Å². The number of nitrogens with zero attached hydrogens (tertiary/aromatic N) is 2. The van der Waals surface area contributed by atoms with Gasteiger partial charge in [-0.25, -0.2) is 4.79 Å². The number of ketones is 1. The van der Waals surface area contributed by atoms with Gasteiger partial charge in [0.15, 0.2) is 46.0 Å². The minimum atomic E-state index is -0.716. The van der Waals surface area contributed by atoms with Crippen LogP contribution in [0.25, 0.3) is 0 Å². The summed E-state index contributed by atoms with van der Waals surface area (Å²) < 4.78 is 58.0. The number of esters is 1. The Hall–Kier alpha value is -5.72. The summed E-state index contributed by atoms with van der Waals surface area (Å²) in [4.78, 5) is 26.0. The van der Waals surface area contributed by atoms with E-state index in [0.29, 0.717) is 80.1 Å². The molecule has 0 saturated carbocycles. The summed E-state index contributed by atoms with van der Waals surface area (Å²) in [6.45, 7) is 3.24. The van der Waals surface area contributed by atoms with Crippen molar-refractivity contribution in [2.45, 2.75) is 50.6 Å². The highest BCUT2D eigenvalue weighted by Crippen LogP contribution is 2.49. The Labute approximate surface area is 414 Å². The molecular weight excluding hydrogens is 915 g/mol. The zero-order chi connectivity index (χ0) is 47.6. The van der Waals surface area contributed by atoms with Crippen LogP contribution >= 0.6 is 0 Å². The first-order valence-corrected chi connectivity index (χ1v) is 22.2. The molecule has 0 bridgehead atoms. The second-order valence-electron chi connectivity index (χ2n) is 17.2. The molecule has 2 heterocycles. The lowest BCUT2D eigenvalue weighted by Gasteiger charge is -2.46. The number of Topliss-reactive ketones (excluding diaryl/α,β-unsaturated/α-hetero) is 1. The van der Waals surface area contributed by atoms with Crippen LogP contribution in [0.15, 0.2) is 54.6 Å². The van der Waals surface area contributed by atoms with Gasteiger partial charge in [0.05, 0.1) is 111 Å². The average molecular weight is 982 g/mol. The van der Waals surface area contributed by atoms with Crippen molar-refractivity contribution >= 4 is 11.8 Å². The molecule has 0 spiro atoms. The SMILES string of the molecule is COc1ccc(CC2c3cc(OC)c(OC)cc3CC[N+]2(C)CCCOC(=O)C#CC(=O)CCC[N+]2(C)CCc3cc(OC)c(OC)cc3C2c2cc(OC)c(OC)c(OC)c2)cc1OC.[Cl-].[Cl-]. The third-order valence-corrected chi connectivity index (χ3v) is 13.4. The summed E-state index contributed by atoms with van der Waals surface area (Å²) in [5.41, 5.74) is 6.71. The van der Waals surface area contributed by atoms with Gasteiger partial charge >= 0.3 is 5.97 Å². The lowest BCUT2D eigenvalue weighted by molar-refractivity contribution is -0.941. The Balaban J connectivity index is 0.00000504. The monoisotopic (exact) mass is 980 g/mol. The van der Waals surface area contributed by atoms with Crippen LogP contribution < -0.4 is 67.4 Å². The lowest BCUT2D eigenvalue weighted by atomic mass is 9.85. The summed E-state index contributed by atoms with van der Waals surface area (Å²) in [6.07, 6.45) is 3.71. The van der Waals surface area contributed by atoms with E-state index in [1.165, 1.54) is 11.1 Å². The molecule has 68 heavy (non-hydrogen) atoms. The number of halogens is 2. The maximum absolute atomic E-state index is 13.2. The van der Waals surface area contributed by atoms with Crippen LogP contribution in [0, 0.1) is 11.8 Å². The van der Waals surface area contributed by atoms with Gasteiger partial charge in [-0.1, -0.05) is 6.07 Å². The summed E-state index contributed by atoms with van der Waals surface area (Å²) >= 11 is 0. The summed E-state index contributed by atoms with van der Waals surface area (Å²) in [5, 5.41) is 0. The first-order chi connectivity index (χ1) is 31.8. The second-order valence-corrected chi connectivity index (χ2v) is 17.2. The van der Waals surface area contributed by atoms with E-state index >= 15 is 0 Å². The zero-order valence-electron chi connectivity index (χ0n) is 41.2. The Morgan fingerprint density at radius 2 is 1.06 bits per heavy atom. The van der Waals surface area contributed by atoms with Crippen LogP contribution in [0.5, 0.6) is 51.7 Å². The largest absolute Gasteiger partial charge is 1.00 e. The predicted molar refractivity (Wildman–Crippen MR) is 250 cm³/mol. The van der Waals surface area contributed by atoms with Crippen molar-refractivity contribution in [2.24, 2.45) is 0 Å². The normalized spacial score (nSPS) is 18.9. The zero-order valence-corrected chi connectivity index (χ0v) is 42.7. The van der Waals surface area contributed by atoms with E-state index in [9.17, 15) is 9.59 Å². The van der Waals surface area contributed by atoms with Gasteiger partial charge in [0.25, 0.3) is 0 Å². The van der Waals surface area contributed by atoms with Crippen molar-refractivity contribution in [3.63, 3.8) is 0 Å². The van der Waals surface area contributed by atoms with Crippen molar-refractivity contribution in [3.05, 3.63) is 88.0 Å². The minimum absolute atomic E-state index is 0. The average Bonchev–Trinajstić information content (AvgIpc) is 3.34. The van der Waals surface area contributed by atoms with Gasteiger partial charge in [-0.3, -0.25) is 4.79 Å². The molecule has 4 aromatic carbocycles. The van der Waals surface area contributed by atoms with Crippen LogP contribution in [0.3, 0.4) is 0 Å². The van der Waals surface area contributed by atoms with E-state index in [-0.39, 0.29) is 55.7 Å². The molecule has 16 heteroatoms. The van der Waals surface area contributed by atoms with Gasteiger partial charge in [0.2, 0.25) is 11.5 Å². The van der Waals surface area contributed by atoms with E-state index in [1.54, 1.807) is 64.0 Å². The van der Waals surface area contributed by atoms with Crippen molar-refractivity contribution < 1.29 is 90.7 Å². The van der Waals surface area contributed by atoms with E-state index in [4.69, 9.17) is 47.4 Å². The van der Waals surface area contributed by atoms with Gasteiger partial charge in [-0.2, -0.15) is 0 Å². The van der Waals surface area contributed by atoms with E-state index in [0.717, 1.165) is 61.2 Å². The van der Waals surface area contributed by atoms with Gasteiger partial charge in [0, 0.05) is 61.1 Å². The van der Waals surface area contributed by atoms with Gasteiger partial charge in [-0.15, -0.1) is 0 Å². The Morgan fingerprint density at radius 1 is 0.559 bits per heavy atom. The molecule has 2 aliphatic heterocycles. The van der Waals surface area contributed by atoms with Crippen LogP contribution in [0.1, 0.15) is 64.7 Å². The molecule has 4 atom stereocenters. The number of carbonyl (C=O) groups is 2. The molecule has 0 fully saturated rings. The molecular formula is C52H66Cl2N2O12. The molecule has 14 nitrogen and oxygen atoms in total.